The van der Waals surface area contributed by atoms with E-state index in [0.29, 0.717) is 13.1 Å². The lowest BCUT2D eigenvalue weighted by Crippen LogP contribution is -2.54. The average molecular weight is 309 g/mol. The molecule has 0 aromatic heterocycles. The van der Waals surface area contributed by atoms with Gasteiger partial charge in [-0.15, -0.1) is 0 Å². The van der Waals surface area contributed by atoms with Crippen LogP contribution in [0.2, 0.25) is 5.02 Å². The maximum Gasteiger partial charge on any atom is 0.248 e. The van der Waals surface area contributed by atoms with Gasteiger partial charge >= 0.3 is 0 Å². The highest BCUT2D eigenvalue weighted by molar-refractivity contribution is 6.30. The maximum atomic E-state index is 12.1. The topological polar surface area (TPSA) is 41.6 Å². The number of rotatable bonds is 2. The second-order valence-corrected chi connectivity index (χ2v) is 6.39. The summed E-state index contributed by atoms with van der Waals surface area (Å²) < 4.78 is 5.93. The zero-order valence-corrected chi connectivity index (χ0v) is 12.9. The van der Waals surface area contributed by atoms with Gasteiger partial charge in [0.05, 0.1) is 12.1 Å². The van der Waals surface area contributed by atoms with Crippen molar-refractivity contribution < 1.29 is 9.53 Å². The highest BCUT2D eigenvalue weighted by Gasteiger charge is 2.39. The fourth-order valence-corrected chi connectivity index (χ4v) is 3.27. The minimum atomic E-state index is -0.163. The number of hydrogen-bond acceptors (Lipinski definition) is 3. The SMILES string of the molecule is O=C1COC2(CCCNCC2)CN1Cc1ccc(Cl)cc1. The van der Waals surface area contributed by atoms with Crippen LogP contribution in [0.3, 0.4) is 0 Å². The van der Waals surface area contributed by atoms with Crippen LogP contribution in [-0.4, -0.2) is 42.6 Å². The van der Waals surface area contributed by atoms with Gasteiger partial charge < -0.3 is 15.0 Å². The molecule has 1 aromatic rings. The Morgan fingerprint density at radius 3 is 2.86 bits per heavy atom. The fraction of sp³-hybridized carbons (Fsp3) is 0.562. The number of carbonyl (C=O) groups is 1. The third kappa shape index (κ3) is 3.57. The molecule has 1 atom stereocenters. The van der Waals surface area contributed by atoms with Crippen LogP contribution in [0.1, 0.15) is 24.8 Å². The lowest BCUT2D eigenvalue weighted by atomic mass is 9.92. The molecule has 0 saturated carbocycles. The van der Waals surface area contributed by atoms with E-state index >= 15 is 0 Å². The lowest BCUT2D eigenvalue weighted by molar-refractivity contribution is -0.166. The van der Waals surface area contributed by atoms with E-state index in [1.807, 2.05) is 29.2 Å². The first-order valence-electron chi connectivity index (χ1n) is 7.54. The van der Waals surface area contributed by atoms with Crippen LogP contribution in [-0.2, 0) is 16.1 Å². The molecule has 2 heterocycles. The summed E-state index contributed by atoms with van der Waals surface area (Å²) in [5.41, 5.74) is 0.945. The van der Waals surface area contributed by atoms with E-state index < -0.39 is 0 Å². The van der Waals surface area contributed by atoms with Crippen LogP contribution >= 0.6 is 11.6 Å². The summed E-state index contributed by atoms with van der Waals surface area (Å²) in [7, 11) is 0. The van der Waals surface area contributed by atoms with E-state index in [4.69, 9.17) is 16.3 Å². The molecule has 5 heteroatoms. The van der Waals surface area contributed by atoms with Crippen molar-refractivity contribution in [2.45, 2.75) is 31.4 Å². The van der Waals surface area contributed by atoms with Crippen molar-refractivity contribution in [2.24, 2.45) is 0 Å². The van der Waals surface area contributed by atoms with Crippen molar-refractivity contribution in [1.82, 2.24) is 10.2 Å². The summed E-state index contributed by atoms with van der Waals surface area (Å²) in [5.74, 6) is 0.0766. The van der Waals surface area contributed by atoms with Crippen LogP contribution in [0, 0.1) is 0 Å². The molecule has 0 aliphatic carbocycles. The van der Waals surface area contributed by atoms with Crippen LogP contribution in [0.15, 0.2) is 24.3 Å². The minimum absolute atomic E-state index is 0.0766. The number of hydrogen-bond donors (Lipinski definition) is 1. The largest absolute Gasteiger partial charge is 0.363 e. The fourth-order valence-electron chi connectivity index (χ4n) is 3.15. The summed E-state index contributed by atoms with van der Waals surface area (Å²) in [6, 6.07) is 7.69. The Kier molecular flexibility index (Phi) is 4.48. The molecular weight excluding hydrogens is 288 g/mol. The number of amides is 1. The van der Waals surface area contributed by atoms with Gasteiger partial charge in [-0.2, -0.15) is 0 Å². The Morgan fingerprint density at radius 1 is 1.24 bits per heavy atom. The van der Waals surface area contributed by atoms with Gasteiger partial charge in [0.2, 0.25) is 5.91 Å². The zero-order valence-electron chi connectivity index (χ0n) is 12.1. The third-order valence-electron chi connectivity index (χ3n) is 4.36. The van der Waals surface area contributed by atoms with Gasteiger partial charge in [0.25, 0.3) is 0 Å². The molecule has 4 nitrogen and oxygen atoms in total. The first-order valence-corrected chi connectivity index (χ1v) is 7.92. The normalized spacial score (nSPS) is 26.9. The number of benzene rings is 1. The molecule has 3 rings (SSSR count). The van der Waals surface area contributed by atoms with E-state index in [1.165, 1.54) is 0 Å². The Morgan fingerprint density at radius 2 is 2.05 bits per heavy atom. The first-order chi connectivity index (χ1) is 10.2. The van der Waals surface area contributed by atoms with Crippen molar-refractivity contribution in [3.05, 3.63) is 34.9 Å². The van der Waals surface area contributed by atoms with Crippen LogP contribution in [0.5, 0.6) is 0 Å². The Labute approximate surface area is 130 Å². The van der Waals surface area contributed by atoms with E-state index in [2.05, 4.69) is 5.32 Å². The van der Waals surface area contributed by atoms with Gasteiger partial charge in [-0.05, 0) is 50.0 Å². The molecule has 2 aliphatic rings. The first kappa shape index (κ1) is 14.8. The Hall–Kier alpha value is -1.10. The van der Waals surface area contributed by atoms with Crippen molar-refractivity contribution in [2.75, 3.05) is 26.2 Å². The Bertz CT molecular complexity index is 496. The monoisotopic (exact) mass is 308 g/mol. The van der Waals surface area contributed by atoms with Crippen molar-refractivity contribution in [3.8, 4) is 0 Å². The van der Waals surface area contributed by atoms with Crippen molar-refractivity contribution >= 4 is 17.5 Å². The van der Waals surface area contributed by atoms with E-state index in [9.17, 15) is 4.79 Å². The molecule has 1 spiro atoms. The molecule has 1 amide bonds. The number of nitrogens with zero attached hydrogens (tertiary/aromatic N) is 1. The average Bonchev–Trinajstić information content (AvgIpc) is 2.71. The van der Waals surface area contributed by atoms with Crippen LogP contribution in [0.25, 0.3) is 0 Å². The maximum absolute atomic E-state index is 12.1. The van der Waals surface area contributed by atoms with Gasteiger partial charge in [-0.3, -0.25) is 4.79 Å². The van der Waals surface area contributed by atoms with E-state index in [1.54, 1.807) is 0 Å². The molecule has 2 saturated heterocycles. The summed E-state index contributed by atoms with van der Waals surface area (Å²) in [6.45, 7) is 3.53. The number of ether oxygens (including phenoxy) is 1. The summed E-state index contributed by atoms with van der Waals surface area (Å²) in [4.78, 5) is 14.1. The zero-order chi connectivity index (χ0) is 14.7. The summed E-state index contributed by atoms with van der Waals surface area (Å²) >= 11 is 5.91. The van der Waals surface area contributed by atoms with E-state index in [-0.39, 0.29) is 18.1 Å². The van der Waals surface area contributed by atoms with Crippen LogP contribution in [0.4, 0.5) is 0 Å². The molecule has 114 valence electrons. The van der Waals surface area contributed by atoms with Crippen LogP contribution < -0.4 is 5.32 Å². The molecule has 2 fully saturated rings. The number of nitrogens with one attached hydrogen (secondary N) is 1. The molecule has 0 bridgehead atoms. The summed E-state index contributed by atoms with van der Waals surface area (Å²) in [5, 5.41) is 4.12. The Balaban J connectivity index is 1.71. The molecule has 1 N–H and O–H groups in total. The van der Waals surface area contributed by atoms with Gasteiger partial charge in [0.15, 0.2) is 0 Å². The molecule has 2 aliphatic heterocycles. The number of halogens is 1. The molecule has 1 aromatic carbocycles. The standard InChI is InChI=1S/C16H21ClN2O2/c17-14-4-2-13(3-5-14)10-19-12-16(21-11-15(19)20)6-1-8-18-9-7-16/h2-5,18H,1,6-12H2. The third-order valence-corrected chi connectivity index (χ3v) is 4.62. The molecule has 0 radical (unpaired) electrons. The second-order valence-electron chi connectivity index (χ2n) is 5.95. The van der Waals surface area contributed by atoms with Gasteiger partial charge in [-0.1, -0.05) is 23.7 Å². The van der Waals surface area contributed by atoms with Crippen molar-refractivity contribution in [1.29, 1.82) is 0 Å². The van der Waals surface area contributed by atoms with Gasteiger partial charge in [-0.25, -0.2) is 0 Å². The predicted molar refractivity (Wildman–Crippen MR) is 82.3 cm³/mol. The van der Waals surface area contributed by atoms with Crippen molar-refractivity contribution in [3.63, 3.8) is 0 Å². The smallest absolute Gasteiger partial charge is 0.248 e. The minimum Gasteiger partial charge on any atom is -0.363 e. The van der Waals surface area contributed by atoms with E-state index in [0.717, 1.165) is 42.9 Å². The lowest BCUT2D eigenvalue weighted by Gasteiger charge is -2.42. The highest BCUT2D eigenvalue weighted by Crippen LogP contribution is 2.29. The van der Waals surface area contributed by atoms with Gasteiger partial charge in [0.1, 0.15) is 6.61 Å². The molecule has 1 unspecified atom stereocenters. The molecule has 21 heavy (non-hydrogen) atoms. The number of morpholine rings is 1. The predicted octanol–water partition coefficient (Wildman–Crippen LogP) is 2.21. The summed E-state index contributed by atoms with van der Waals surface area (Å²) in [6.07, 6.45) is 3.09. The van der Waals surface area contributed by atoms with Gasteiger partial charge in [0, 0.05) is 11.6 Å². The molecular formula is C16H21ClN2O2. The highest BCUT2D eigenvalue weighted by atomic mass is 35.5. The quantitative estimate of drug-likeness (QED) is 0.911. The second kappa shape index (κ2) is 6.34. The number of carbonyl (C=O) groups excluding carboxylic acids is 1.